The minimum Gasteiger partial charge on any atom is -0.371 e. The summed E-state index contributed by atoms with van der Waals surface area (Å²) in [6, 6.07) is 1.80. The first-order chi connectivity index (χ1) is 10.1. The number of nitrogens with zero attached hydrogens (tertiary/aromatic N) is 2. The van der Waals surface area contributed by atoms with E-state index >= 15 is 0 Å². The molecule has 6 nitrogen and oxygen atoms in total. The van der Waals surface area contributed by atoms with Crippen molar-refractivity contribution in [2.24, 2.45) is 0 Å². The second-order valence-corrected chi connectivity index (χ2v) is 5.14. The summed E-state index contributed by atoms with van der Waals surface area (Å²) in [4.78, 5) is 27.8. The maximum absolute atomic E-state index is 12.0. The van der Waals surface area contributed by atoms with E-state index in [-0.39, 0.29) is 18.1 Å². The quantitative estimate of drug-likeness (QED) is 0.679. The first-order valence-electron chi connectivity index (χ1n) is 7.67. The molecule has 0 saturated carbocycles. The van der Waals surface area contributed by atoms with E-state index in [0.29, 0.717) is 18.1 Å². The highest BCUT2D eigenvalue weighted by molar-refractivity contribution is 5.76. The van der Waals surface area contributed by atoms with E-state index in [1.807, 2.05) is 0 Å². The van der Waals surface area contributed by atoms with E-state index in [1.54, 1.807) is 13.0 Å². The third-order valence-corrected chi connectivity index (χ3v) is 3.13. The lowest BCUT2D eigenvalue weighted by Crippen LogP contribution is -2.35. The van der Waals surface area contributed by atoms with Gasteiger partial charge >= 0.3 is 5.69 Å². The predicted octanol–water partition coefficient (Wildman–Crippen LogP) is 1.68. The van der Waals surface area contributed by atoms with Crippen molar-refractivity contribution in [1.29, 1.82) is 0 Å². The topological polar surface area (TPSA) is 76.0 Å². The highest BCUT2D eigenvalue weighted by Crippen LogP contribution is 2.06. The van der Waals surface area contributed by atoms with Crippen LogP contribution >= 0.6 is 0 Å². The van der Waals surface area contributed by atoms with Gasteiger partial charge in [-0.3, -0.25) is 9.36 Å². The fraction of sp³-hybridized carbons (Fsp3) is 0.667. The molecule has 1 aromatic heterocycles. The fourth-order valence-corrected chi connectivity index (χ4v) is 1.92. The molecular formula is C15H26N4O2. The molecule has 0 aliphatic heterocycles. The van der Waals surface area contributed by atoms with Crippen LogP contribution in [0.15, 0.2) is 10.9 Å². The summed E-state index contributed by atoms with van der Waals surface area (Å²) in [6.45, 7) is 7.37. The molecule has 0 unspecified atom stereocenters. The predicted molar refractivity (Wildman–Crippen MR) is 84.5 cm³/mol. The maximum atomic E-state index is 12.0. The van der Waals surface area contributed by atoms with E-state index in [1.165, 1.54) is 4.57 Å². The number of aryl methyl sites for hydroxylation is 1. The molecule has 1 heterocycles. The summed E-state index contributed by atoms with van der Waals surface area (Å²) in [7, 11) is 0. The van der Waals surface area contributed by atoms with E-state index in [4.69, 9.17) is 0 Å². The molecule has 1 amide bonds. The molecule has 0 spiro atoms. The van der Waals surface area contributed by atoms with Crippen molar-refractivity contribution in [2.45, 2.75) is 53.0 Å². The zero-order valence-electron chi connectivity index (χ0n) is 13.2. The normalized spacial score (nSPS) is 10.4. The molecule has 21 heavy (non-hydrogen) atoms. The van der Waals surface area contributed by atoms with Crippen LogP contribution in [0.1, 0.15) is 45.2 Å². The van der Waals surface area contributed by atoms with Gasteiger partial charge in [-0.25, -0.2) is 4.79 Å². The van der Waals surface area contributed by atoms with Gasteiger partial charge in [0.25, 0.3) is 0 Å². The third kappa shape index (κ3) is 5.97. The number of unbranched alkanes of at least 4 members (excludes halogenated alkanes) is 2. The second kappa shape index (κ2) is 9.15. The first kappa shape index (κ1) is 17.2. The standard InChI is InChI=1S/C15H26N4O2/c1-4-6-8-16-13-10-12(3)18-15(21)19(13)11-14(20)17-9-7-5-2/h10,16H,4-9,11H2,1-3H3,(H,17,20). The van der Waals surface area contributed by atoms with Gasteiger partial charge in [0.1, 0.15) is 12.4 Å². The van der Waals surface area contributed by atoms with Gasteiger partial charge < -0.3 is 10.6 Å². The van der Waals surface area contributed by atoms with E-state index < -0.39 is 0 Å². The monoisotopic (exact) mass is 294 g/mol. The maximum Gasteiger partial charge on any atom is 0.349 e. The number of hydrogen-bond donors (Lipinski definition) is 2. The van der Waals surface area contributed by atoms with Crippen molar-refractivity contribution < 1.29 is 4.79 Å². The average molecular weight is 294 g/mol. The number of anilines is 1. The summed E-state index contributed by atoms with van der Waals surface area (Å²) >= 11 is 0. The van der Waals surface area contributed by atoms with Crippen molar-refractivity contribution in [1.82, 2.24) is 14.9 Å². The lowest BCUT2D eigenvalue weighted by atomic mass is 10.3. The number of carbonyl (C=O) groups is 1. The molecule has 0 aliphatic carbocycles. The molecule has 1 rings (SSSR count). The molecule has 0 saturated heterocycles. The van der Waals surface area contributed by atoms with Gasteiger partial charge in [-0.05, 0) is 19.8 Å². The summed E-state index contributed by atoms with van der Waals surface area (Å²) < 4.78 is 1.39. The van der Waals surface area contributed by atoms with Gasteiger partial charge in [0.05, 0.1) is 0 Å². The highest BCUT2D eigenvalue weighted by Gasteiger charge is 2.10. The number of amides is 1. The van der Waals surface area contributed by atoms with Crippen LogP contribution in [0.2, 0.25) is 0 Å². The minimum atomic E-state index is -0.389. The number of hydrogen-bond acceptors (Lipinski definition) is 4. The minimum absolute atomic E-state index is 0.00425. The van der Waals surface area contributed by atoms with Gasteiger partial charge in [0, 0.05) is 24.8 Å². The van der Waals surface area contributed by atoms with Crippen molar-refractivity contribution >= 4 is 11.7 Å². The Balaban J connectivity index is 2.78. The number of aromatic nitrogens is 2. The lowest BCUT2D eigenvalue weighted by molar-refractivity contribution is -0.121. The van der Waals surface area contributed by atoms with Gasteiger partial charge in [-0.15, -0.1) is 0 Å². The fourth-order valence-electron chi connectivity index (χ4n) is 1.92. The van der Waals surface area contributed by atoms with Crippen LogP contribution in [0.4, 0.5) is 5.82 Å². The Kier molecular flexibility index (Phi) is 7.50. The third-order valence-electron chi connectivity index (χ3n) is 3.13. The zero-order chi connectivity index (χ0) is 15.7. The number of rotatable bonds is 9. The SMILES string of the molecule is CCCCNC(=O)Cn1c(NCCCC)cc(C)nc1=O. The van der Waals surface area contributed by atoms with E-state index in [2.05, 4.69) is 29.5 Å². The number of carbonyl (C=O) groups excluding carboxylic acids is 1. The highest BCUT2D eigenvalue weighted by atomic mass is 16.2. The molecule has 118 valence electrons. The summed E-state index contributed by atoms with van der Waals surface area (Å²) in [5.41, 5.74) is 0.265. The summed E-state index contributed by atoms with van der Waals surface area (Å²) in [5.74, 6) is 0.501. The van der Waals surface area contributed by atoms with Gasteiger partial charge in [-0.1, -0.05) is 26.7 Å². The molecule has 6 heteroatoms. The van der Waals surface area contributed by atoms with Crippen molar-refractivity contribution in [3.63, 3.8) is 0 Å². The Hall–Kier alpha value is -1.85. The number of nitrogens with one attached hydrogen (secondary N) is 2. The Bertz CT molecular complexity index is 511. The Morgan fingerprint density at radius 1 is 1.24 bits per heavy atom. The van der Waals surface area contributed by atoms with E-state index in [0.717, 1.165) is 32.2 Å². The molecule has 0 bridgehead atoms. The van der Waals surface area contributed by atoms with Crippen molar-refractivity contribution in [3.8, 4) is 0 Å². The molecule has 0 aromatic carbocycles. The van der Waals surface area contributed by atoms with Gasteiger partial charge in [0.15, 0.2) is 0 Å². The largest absolute Gasteiger partial charge is 0.371 e. The molecule has 0 aliphatic rings. The molecular weight excluding hydrogens is 268 g/mol. The van der Waals surface area contributed by atoms with Crippen molar-refractivity contribution in [2.75, 3.05) is 18.4 Å². The molecule has 0 radical (unpaired) electrons. The molecule has 0 atom stereocenters. The zero-order valence-corrected chi connectivity index (χ0v) is 13.2. The van der Waals surface area contributed by atoms with Crippen LogP contribution in [-0.2, 0) is 11.3 Å². The van der Waals surface area contributed by atoms with Crippen LogP contribution in [0, 0.1) is 6.92 Å². The van der Waals surface area contributed by atoms with Gasteiger partial charge in [0.2, 0.25) is 5.91 Å². The molecule has 0 fully saturated rings. The van der Waals surface area contributed by atoms with Crippen LogP contribution in [0.5, 0.6) is 0 Å². The Labute approximate surface area is 126 Å². The smallest absolute Gasteiger partial charge is 0.349 e. The van der Waals surface area contributed by atoms with Crippen LogP contribution < -0.4 is 16.3 Å². The molecule has 1 aromatic rings. The molecule has 2 N–H and O–H groups in total. The summed E-state index contributed by atoms with van der Waals surface area (Å²) in [6.07, 6.45) is 4.04. The Morgan fingerprint density at radius 2 is 1.90 bits per heavy atom. The van der Waals surface area contributed by atoms with Crippen LogP contribution in [0.25, 0.3) is 0 Å². The first-order valence-corrected chi connectivity index (χ1v) is 7.67. The van der Waals surface area contributed by atoms with E-state index in [9.17, 15) is 9.59 Å². The van der Waals surface area contributed by atoms with Crippen LogP contribution in [-0.4, -0.2) is 28.5 Å². The Morgan fingerprint density at radius 3 is 2.57 bits per heavy atom. The van der Waals surface area contributed by atoms with Gasteiger partial charge in [-0.2, -0.15) is 4.98 Å². The summed E-state index contributed by atoms with van der Waals surface area (Å²) in [5, 5.41) is 6.03. The second-order valence-electron chi connectivity index (χ2n) is 5.14. The lowest BCUT2D eigenvalue weighted by Gasteiger charge is -2.14. The average Bonchev–Trinajstić information content (AvgIpc) is 2.43. The van der Waals surface area contributed by atoms with Crippen molar-refractivity contribution in [3.05, 3.63) is 22.2 Å². The van der Waals surface area contributed by atoms with Crippen LogP contribution in [0.3, 0.4) is 0 Å².